The fraction of sp³-hybridized carbons (Fsp3) is 0.250. The quantitative estimate of drug-likeness (QED) is 0.322. The molecule has 4 nitrogen and oxygen atoms in total. The Labute approximate surface area is 206 Å². The zero-order chi connectivity index (χ0) is 24.2. The van der Waals surface area contributed by atoms with Gasteiger partial charge in [0.2, 0.25) is 13.1 Å². The highest BCUT2D eigenvalue weighted by Crippen LogP contribution is 2.75. The minimum atomic E-state index is -2.71. The number of benzene rings is 3. The molecule has 176 valence electrons. The van der Waals surface area contributed by atoms with Gasteiger partial charge in [-0.05, 0) is 57.2 Å². The summed E-state index contributed by atoms with van der Waals surface area (Å²) in [6, 6.07) is 30.1. The van der Waals surface area contributed by atoms with Crippen LogP contribution < -0.4 is 10.6 Å². The molecule has 3 aromatic rings. The molecule has 4 rings (SSSR count). The lowest BCUT2D eigenvalue weighted by atomic mass is 10.1. The number of thioether (sulfide) groups is 1. The van der Waals surface area contributed by atoms with E-state index < -0.39 is 25.2 Å². The summed E-state index contributed by atoms with van der Waals surface area (Å²) in [5.41, 5.74) is -1.31. The lowest BCUT2D eigenvalue weighted by Gasteiger charge is -2.27. The van der Waals surface area contributed by atoms with E-state index in [1.807, 2.05) is 73.7 Å². The predicted octanol–water partition coefficient (Wildman–Crippen LogP) is 5.70. The fourth-order valence-corrected chi connectivity index (χ4v) is 10.1. The second-order valence-corrected chi connectivity index (χ2v) is 12.4. The van der Waals surface area contributed by atoms with Gasteiger partial charge in [0.15, 0.2) is 0 Å². The van der Waals surface area contributed by atoms with E-state index in [-0.39, 0.29) is 6.61 Å². The van der Waals surface area contributed by atoms with Gasteiger partial charge in [0.25, 0.3) is 0 Å². The van der Waals surface area contributed by atoms with E-state index >= 15 is 0 Å². The molecule has 0 bridgehead atoms. The standard InChI is InChI=1S/C28H30O4PS/c1-4-31-27(30)28(3)26(34-24-18-12-7-13-19-24)25(20-21(2)29)33(32-28,22-14-8-5-9-15-22)23-16-10-6-11-17-23/h5-19,21,29H,4,20H2,1-3H3/q+1. The minimum absolute atomic E-state index is 0.259. The molecule has 0 saturated carbocycles. The summed E-state index contributed by atoms with van der Waals surface area (Å²) in [7, 11) is -2.71. The molecule has 3 aromatic carbocycles. The lowest BCUT2D eigenvalue weighted by molar-refractivity contribution is -0.155. The Kier molecular flexibility index (Phi) is 7.59. The number of carbonyl (C=O) groups is 1. The Morgan fingerprint density at radius 2 is 1.47 bits per heavy atom. The van der Waals surface area contributed by atoms with Crippen LogP contribution in [-0.2, 0) is 14.1 Å². The minimum Gasteiger partial charge on any atom is -0.463 e. The number of esters is 1. The van der Waals surface area contributed by atoms with Crippen molar-refractivity contribution in [2.24, 2.45) is 0 Å². The molecular weight excluding hydrogens is 463 g/mol. The third-order valence-corrected chi connectivity index (χ3v) is 11.1. The normalized spacial score (nSPS) is 20.2. The van der Waals surface area contributed by atoms with Gasteiger partial charge < -0.3 is 9.84 Å². The maximum atomic E-state index is 13.5. The van der Waals surface area contributed by atoms with E-state index in [9.17, 15) is 9.90 Å². The smallest absolute Gasteiger partial charge is 0.348 e. The monoisotopic (exact) mass is 493 g/mol. The van der Waals surface area contributed by atoms with E-state index in [0.29, 0.717) is 6.42 Å². The van der Waals surface area contributed by atoms with Gasteiger partial charge in [0.1, 0.15) is 15.9 Å². The van der Waals surface area contributed by atoms with Crippen LogP contribution in [-0.4, -0.2) is 29.4 Å². The molecule has 0 radical (unpaired) electrons. The molecule has 6 heteroatoms. The summed E-state index contributed by atoms with van der Waals surface area (Å²) in [6.45, 7) is 5.65. The highest BCUT2D eigenvalue weighted by Gasteiger charge is 2.66. The van der Waals surface area contributed by atoms with E-state index in [2.05, 4.69) is 24.3 Å². The molecule has 0 saturated heterocycles. The van der Waals surface area contributed by atoms with Gasteiger partial charge in [-0.3, -0.25) is 0 Å². The number of aliphatic hydroxyl groups is 1. The van der Waals surface area contributed by atoms with Crippen molar-refractivity contribution in [1.82, 2.24) is 0 Å². The molecule has 1 aliphatic heterocycles. The van der Waals surface area contributed by atoms with Crippen molar-refractivity contribution in [2.75, 3.05) is 6.61 Å². The molecule has 0 amide bonds. The molecule has 34 heavy (non-hydrogen) atoms. The van der Waals surface area contributed by atoms with E-state index in [1.165, 1.54) is 11.8 Å². The second kappa shape index (κ2) is 10.5. The van der Waals surface area contributed by atoms with Crippen LogP contribution in [0.15, 0.2) is 106 Å². The van der Waals surface area contributed by atoms with Gasteiger partial charge in [0.05, 0.1) is 17.6 Å². The highest BCUT2D eigenvalue weighted by atomic mass is 32.2. The van der Waals surface area contributed by atoms with Gasteiger partial charge >= 0.3 is 5.97 Å². The summed E-state index contributed by atoms with van der Waals surface area (Å²) >= 11 is 1.52. The summed E-state index contributed by atoms with van der Waals surface area (Å²) in [5, 5.41) is 13.6. The largest absolute Gasteiger partial charge is 0.463 e. The Morgan fingerprint density at radius 1 is 0.971 bits per heavy atom. The van der Waals surface area contributed by atoms with Crippen molar-refractivity contribution >= 4 is 35.8 Å². The molecular formula is C28H30O4PS+. The Morgan fingerprint density at radius 3 is 1.94 bits per heavy atom. The van der Waals surface area contributed by atoms with Crippen LogP contribution in [0.5, 0.6) is 0 Å². The van der Waals surface area contributed by atoms with Crippen LogP contribution in [0.2, 0.25) is 0 Å². The van der Waals surface area contributed by atoms with Crippen LogP contribution in [0.25, 0.3) is 0 Å². The third-order valence-electron chi connectivity index (χ3n) is 5.75. The Bertz CT molecular complexity index is 1110. The molecule has 0 fully saturated rings. The van der Waals surface area contributed by atoms with E-state index in [0.717, 1.165) is 25.7 Å². The molecule has 2 atom stereocenters. The van der Waals surface area contributed by atoms with Crippen LogP contribution in [0, 0.1) is 0 Å². The van der Waals surface area contributed by atoms with Crippen molar-refractivity contribution in [3.05, 3.63) is 101 Å². The molecule has 1 heterocycles. The Hall–Kier alpha value is -2.43. The van der Waals surface area contributed by atoms with Crippen LogP contribution in [0.3, 0.4) is 0 Å². The molecule has 0 aliphatic carbocycles. The zero-order valence-electron chi connectivity index (χ0n) is 19.7. The molecule has 2 unspecified atom stereocenters. The first-order valence-electron chi connectivity index (χ1n) is 11.4. The Balaban J connectivity index is 2.04. The summed E-state index contributed by atoms with van der Waals surface area (Å²) in [4.78, 5) is 15.3. The third kappa shape index (κ3) is 4.58. The summed E-state index contributed by atoms with van der Waals surface area (Å²) < 4.78 is 12.6. The number of hydrogen-bond donors (Lipinski definition) is 1. The average Bonchev–Trinajstić information content (AvgIpc) is 3.10. The van der Waals surface area contributed by atoms with Gasteiger partial charge in [-0.1, -0.05) is 66.4 Å². The van der Waals surface area contributed by atoms with Crippen molar-refractivity contribution in [3.8, 4) is 0 Å². The van der Waals surface area contributed by atoms with Crippen LogP contribution >= 0.6 is 19.3 Å². The van der Waals surface area contributed by atoms with Crippen LogP contribution in [0.1, 0.15) is 27.2 Å². The SMILES string of the molecule is CCOC(=O)C1(C)O[P+](c2ccccc2)(c2ccccc2)C(CC(C)O)=C1Sc1ccccc1. The van der Waals surface area contributed by atoms with E-state index in [1.54, 1.807) is 13.8 Å². The second-order valence-electron chi connectivity index (χ2n) is 8.37. The molecule has 0 aromatic heterocycles. The van der Waals surface area contributed by atoms with Crippen LogP contribution in [0.4, 0.5) is 0 Å². The molecule has 1 N–H and O–H groups in total. The van der Waals surface area contributed by atoms with Crippen molar-refractivity contribution in [2.45, 2.75) is 43.8 Å². The van der Waals surface area contributed by atoms with Crippen molar-refractivity contribution < 1.29 is 19.2 Å². The summed E-state index contributed by atoms with van der Waals surface area (Å²) in [5.74, 6) is -0.412. The maximum Gasteiger partial charge on any atom is 0.348 e. The van der Waals surface area contributed by atoms with Gasteiger partial charge in [-0.2, -0.15) is 4.52 Å². The topological polar surface area (TPSA) is 55.8 Å². The number of rotatable bonds is 8. The number of ether oxygens (including phenoxy) is 1. The van der Waals surface area contributed by atoms with Crippen molar-refractivity contribution in [3.63, 3.8) is 0 Å². The number of carbonyl (C=O) groups excluding carboxylic acids is 1. The number of hydrogen-bond acceptors (Lipinski definition) is 5. The first-order valence-corrected chi connectivity index (χ1v) is 14.0. The first-order chi connectivity index (χ1) is 16.4. The van der Waals surface area contributed by atoms with E-state index in [4.69, 9.17) is 9.26 Å². The number of aliphatic hydroxyl groups excluding tert-OH is 1. The summed E-state index contributed by atoms with van der Waals surface area (Å²) in [6.07, 6.45) is -0.219. The molecule has 1 aliphatic rings. The molecule has 0 spiro atoms. The van der Waals surface area contributed by atoms with Gasteiger partial charge in [-0.15, -0.1) is 0 Å². The van der Waals surface area contributed by atoms with Crippen molar-refractivity contribution in [1.29, 1.82) is 0 Å². The highest BCUT2D eigenvalue weighted by molar-refractivity contribution is 8.04. The average molecular weight is 494 g/mol. The predicted molar refractivity (Wildman–Crippen MR) is 141 cm³/mol. The van der Waals surface area contributed by atoms with Gasteiger partial charge in [0, 0.05) is 11.3 Å². The zero-order valence-corrected chi connectivity index (χ0v) is 21.4. The van der Waals surface area contributed by atoms with Gasteiger partial charge in [-0.25, -0.2) is 4.79 Å². The fourth-order valence-electron chi connectivity index (χ4n) is 4.29. The first kappa shape index (κ1) is 24.7. The lowest BCUT2D eigenvalue weighted by Crippen LogP contribution is -2.39. The maximum absolute atomic E-state index is 13.5.